The summed E-state index contributed by atoms with van der Waals surface area (Å²) in [5, 5.41) is 6.99. The van der Waals surface area contributed by atoms with E-state index in [2.05, 4.69) is 10.3 Å². The Morgan fingerprint density at radius 3 is 2.68 bits per heavy atom. The number of sulfone groups is 1. The lowest BCUT2D eigenvalue weighted by Gasteiger charge is -2.06. The van der Waals surface area contributed by atoms with Crippen molar-refractivity contribution in [1.29, 1.82) is 0 Å². The monoisotopic (exact) mass is 285 g/mol. The average Bonchev–Trinajstić information content (AvgIpc) is 2.79. The summed E-state index contributed by atoms with van der Waals surface area (Å²) < 4.78 is 43.9. The Morgan fingerprint density at radius 2 is 2.16 bits per heavy atom. The van der Waals surface area contributed by atoms with Gasteiger partial charge in [0, 0.05) is 18.7 Å². The highest BCUT2D eigenvalue weighted by molar-refractivity contribution is 7.90. The minimum Gasteiger partial charge on any atom is -0.497 e. The first kappa shape index (κ1) is 13.5. The van der Waals surface area contributed by atoms with Gasteiger partial charge in [0.15, 0.2) is 5.03 Å². The molecule has 0 saturated carbocycles. The maximum absolute atomic E-state index is 13.7. The molecule has 0 atom stereocenters. The molecule has 0 unspecified atom stereocenters. The van der Waals surface area contributed by atoms with Gasteiger partial charge in [-0.25, -0.2) is 17.5 Å². The quantitative estimate of drug-likeness (QED) is 0.835. The maximum atomic E-state index is 13.7. The molecular formula is C11H12FN3O3S. The van der Waals surface area contributed by atoms with Gasteiger partial charge in [0.05, 0.1) is 19.1 Å². The predicted molar refractivity (Wildman–Crippen MR) is 64.8 cm³/mol. The first-order valence-corrected chi connectivity index (χ1v) is 6.99. The molecule has 0 aliphatic carbocycles. The normalized spacial score (nSPS) is 11.5. The van der Waals surface area contributed by atoms with Crippen molar-refractivity contribution in [1.82, 2.24) is 15.0 Å². The van der Waals surface area contributed by atoms with Crippen molar-refractivity contribution < 1.29 is 17.5 Å². The molecule has 0 radical (unpaired) electrons. The molecule has 0 bridgehead atoms. The zero-order valence-corrected chi connectivity index (χ0v) is 11.2. The molecule has 6 nitrogen and oxygen atoms in total. The van der Waals surface area contributed by atoms with Gasteiger partial charge in [0.2, 0.25) is 9.84 Å². The van der Waals surface area contributed by atoms with Crippen LogP contribution in [0.2, 0.25) is 0 Å². The average molecular weight is 285 g/mol. The third-order valence-corrected chi connectivity index (χ3v) is 4.30. The number of hydrogen-bond donors (Lipinski definition) is 0. The number of halogens is 1. The standard InChI is InChI=1S/C11H12FN3O3S/c1-15-11(6-13-14-15)19(16,17)7-8-3-4-9(18-2)5-10(8)12/h3-6H,7H2,1-2H3. The summed E-state index contributed by atoms with van der Waals surface area (Å²) in [6.45, 7) is 0. The van der Waals surface area contributed by atoms with Crippen molar-refractivity contribution in [2.24, 2.45) is 7.05 Å². The molecule has 1 aromatic carbocycles. The molecular weight excluding hydrogens is 273 g/mol. The lowest BCUT2D eigenvalue weighted by Crippen LogP contribution is -2.11. The van der Waals surface area contributed by atoms with Gasteiger partial charge in [-0.1, -0.05) is 11.3 Å². The van der Waals surface area contributed by atoms with Crippen molar-refractivity contribution in [3.8, 4) is 5.75 Å². The van der Waals surface area contributed by atoms with Gasteiger partial charge in [0.1, 0.15) is 11.6 Å². The highest BCUT2D eigenvalue weighted by atomic mass is 32.2. The van der Waals surface area contributed by atoms with E-state index in [0.717, 1.165) is 16.9 Å². The van der Waals surface area contributed by atoms with E-state index in [1.54, 1.807) is 0 Å². The summed E-state index contributed by atoms with van der Waals surface area (Å²) in [6.07, 6.45) is 1.14. The molecule has 0 amide bonds. The van der Waals surface area contributed by atoms with Crippen LogP contribution in [0.15, 0.2) is 29.4 Å². The highest BCUT2D eigenvalue weighted by Crippen LogP contribution is 2.20. The number of nitrogens with zero attached hydrogens (tertiary/aromatic N) is 3. The van der Waals surface area contributed by atoms with Crippen molar-refractivity contribution >= 4 is 9.84 Å². The van der Waals surface area contributed by atoms with Crippen LogP contribution in [-0.2, 0) is 22.6 Å². The Balaban J connectivity index is 2.34. The van der Waals surface area contributed by atoms with Crippen LogP contribution >= 0.6 is 0 Å². The Hall–Kier alpha value is -1.96. The van der Waals surface area contributed by atoms with Crippen molar-refractivity contribution in [2.75, 3.05) is 7.11 Å². The second kappa shape index (κ2) is 4.96. The summed E-state index contributed by atoms with van der Waals surface area (Å²) in [5.74, 6) is -0.747. The fourth-order valence-corrected chi connectivity index (χ4v) is 3.05. The van der Waals surface area contributed by atoms with Crippen LogP contribution in [0, 0.1) is 5.82 Å². The minimum atomic E-state index is -3.69. The molecule has 2 aromatic rings. The molecule has 0 aliphatic rings. The number of aromatic nitrogens is 3. The zero-order valence-electron chi connectivity index (χ0n) is 10.4. The van der Waals surface area contributed by atoms with E-state index in [1.807, 2.05) is 0 Å². The number of ether oxygens (including phenoxy) is 1. The minimum absolute atomic E-state index is 0.0530. The SMILES string of the molecule is COc1ccc(CS(=O)(=O)c2cnnn2C)c(F)c1. The highest BCUT2D eigenvalue weighted by Gasteiger charge is 2.21. The van der Waals surface area contributed by atoms with E-state index in [1.165, 1.54) is 26.3 Å². The second-order valence-electron chi connectivity index (χ2n) is 3.91. The van der Waals surface area contributed by atoms with E-state index in [0.29, 0.717) is 5.75 Å². The summed E-state index contributed by atoms with van der Waals surface area (Å²) >= 11 is 0. The molecule has 0 spiro atoms. The zero-order chi connectivity index (χ0) is 14.0. The molecule has 0 N–H and O–H groups in total. The topological polar surface area (TPSA) is 74.1 Å². The fraction of sp³-hybridized carbons (Fsp3) is 0.273. The Labute approximate surface area is 109 Å². The maximum Gasteiger partial charge on any atom is 0.201 e. The molecule has 8 heteroatoms. The molecule has 0 aliphatic heterocycles. The van der Waals surface area contributed by atoms with Gasteiger partial charge in [-0.3, -0.25) is 0 Å². The van der Waals surface area contributed by atoms with Crippen LogP contribution in [-0.4, -0.2) is 30.5 Å². The second-order valence-corrected chi connectivity index (χ2v) is 5.85. The molecule has 1 heterocycles. The number of benzene rings is 1. The summed E-state index contributed by atoms with van der Waals surface area (Å²) in [5.41, 5.74) is 0.0713. The van der Waals surface area contributed by atoms with Gasteiger partial charge in [-0.2, -0.15) is 0 Å². The van der Waals surface area contributed by atoms with Gasteiger partial charge in [-0.15, -0.1) is 5.10 Å². The summed E-state index contributed by atoms with van der Waals surface area (Å²) in [4.78, 5) is 0. The lowest BCUT2D eigenvalue weighted by molar-refractivity contribution is 0.411. The molecule has 0 fully saturated rings. The molecule has 2 rings (SSSR count). The predicted octanol–water partition coefficient (Wildman–Crippen LogP) is 0.937. The van der Waals surface area contributed by atoms with E-state index in [9.17, 15) is 12.8 Å². The summed E-state index contributed by atoms with van der Waals surface area (Å²) in [6, 6.07) is 4.04. The molecule has 19 heavy (non-hydrogen) atoms. The van der Waals surface area contributed by atoms with Crippen molar-refractivity contribution in [2.45, 2.75) is 10.8 Å². The van der Waals surface area contributed by atoms with Crippen molar-refractivity contribution in [3.05, 3.63) is 35.8 Å². The van der Waals surface area contributed by atoms with Crippen LogP contribution in [0.25, 0.3) is 0 Å². The van der Waals surface area contributed by atoms with Gasteiger partial charge in [-0.05, 0) is 6.07 Å². The van der Waals surface area contributed by atoms with Crippen LogP contribution in [0.4, 0.5) is 4.39 Å². The van der Waals surface area contributed by atoms with Gasteiger partial charge < -0.3 is 4.74 Å². The van der Waals surface area contributed by atoms with Gasteiger partial charge in [0.25, 0.3) is 0 Å². The van der Waals surface area contributed by atoms with Crippen LogP contribution in [0.1, 0.15) is 5.56 Å². The smallest absolute Gasteiger partial charge is 0.201 e. The van der Waals surface area contributed by atoms with E-state index in [-0.39, 0.29) is 10.6 Å². The fourth-order valence-electron chi connectivity index (χ4n) is 1.61. The van der Waals surface area contributed by atoms with Crippen molar-refractivity contribution in [3.63, 3.8) is 0 Å². The first-order chi connectivity index (χ1) is 8.94. The van der Waals surface area contributed by atoms with E-state index < -0.39 is 21.4 Å². The van der Waals surface area contributed by atoms with Gasteiger partial charge >= 0.3 is 0 Å². The molecule has 1 aromatic heterocycles. The molecule has 102 valence electrons. The van der Waals surface area contributed by atoms with E-state index in [4.69, 9.17) is 4.74 Å². The number of methoxy groups -OCH3 is 1. The lowest BCUT2D eigenvalue weighted by atomic mass is 10.2. The third-order valence-electron chi connectivity index (χ3n) is 2.60. The number of rotatable bonds is 4. The van der Waals surface area contributed by atoms with E-state index >= 15 is 0 Å². The Morgan fingerprint density at radius 1 is 1.42 bits per heavy atom. The number of hydrogen-bond acceptors (Lipinski definition) is 5. The number of aryl methyl sites for hydroxylation is 1. The first-order valence-electron chi connectivity index (χ1n) is 5.34. The van der Waals surface area contributed by atoms with Crippen LogP contribution in [0.5, 0.6) is 5.75 Å². The molecule has 0 saturated heterocycles. The third kappa shape index (κ3) is 2.73. The Bertz CT molecular complexity index is 697. The Kier molecular flexibility index (Phi) is 3.52. The van der Waals surface area contributed by atoms with Crippen LogP contribution in [0.3, 0.4) is 0 Å². The van der Waals surface area contributed by atoms with Crippen LogP contribution < -0.4 is 4.74 Å². The summed E-state index contributed by atoms with van der Waals surface area (Å²) in [7, 11) is -0.814. The largest absolute Gasteiger partial charge is 0.497 e.